The van der Waals surface area contributed by atoms with Crippen LogP contribution in [0.1, 0.15) is 18.4 Å². The predicted molar refractivity (Wildman–Crippen MR) is 106 cm³/mol. The molecule has 1 unspecified atom stereocenters. The minimum absolute atomic E-state index is 0. The Labute approximate surface area is 161 Å². The van der Waals surface area contributed by atoms with E-state index in [1.54, 1.807) is 7.05 Å². The molecule has 0 aromatic carbocycles. The van der Waals surface area contributed by atoms with Gasteiger partial charge in [-0.2, -0.15) is 5.10 Å². The van der Waals surface area contributed by atoms with E-state index in [1.165, 1.54) is 5.56 Å². The number of hydrogen-bond donors (Lipinski definition) is 2. The van der Waals surface area contributed by atoms with Crippen molar-refractivity contribution < 1.29 is 9.47 Å². The quantitative estimate of drug-likeness (QED) is 0.257. The van der Waals surface area contributed by atoms with E-state index < -0.39 is 0 Å². The zero-order chi connectivity index (χ0) is 16.3. The van der Waals surface area contributed by atoms with Crippen molar-refractivity contribution in [1.82, 2.24) is 20.4 Å². The molecule has 0 saturated carbocycles. The van der Waals surface area contributed by atoms with Crippen molar-refractivity contribution in [3.05, 3.63) is 18.0 Å². The van der Waals surface area contributed by atoms with Crippen molar-refractivity contribution in [3.8, 4) is 0 Å². The van der Waals surface area contributed by atoms with Gasteiger partial charge in [0.2, 0.25) is 0 Å². The summed E-state index contributed by atoms with van der Waals surface area (Å²) < 4.78 is 12.9. The van der Waals surface area contributed by atoms with Gasteiger partial charge in [0.05, 0.1) is 26.0 Å². The second-order valence-corrected chi connectivity index (χ2v) is 5.86. The summed E-state index contributed by atoms with van der Waals surface area (Å²) in [6, 6.07) is 0. The lowest BCUT2D eigenvalue weighted by molar-refractivity contribution is 0.0888. The Morgan fingerprint density at radius 1 is 1.46 bits per heavy atom. The van der Waals surface area contributed by atoms with E-state index in [0.29, 0.717) is 5.92 Å². The van der Waals surface area contributed by atoms with Gasteiger partial charge in [0.1, 0.15) is 0 Å². The summed E-state index contributed by atoms with van der Waals surface area (Å²) in [4.78, 5) is 4.21. The Morgan fingerprint density at radius 2 is 2.29 bits per heavy atom. The number of aryl methyl sites for hydroxylation is 1. The third-order valence-electron chi connectivity index (χ3n) is 3.75. The second-order valence-electron chi connectivity index (χ2n) is 5.86. The molecule has 1 saturated heterocycles. The molecule has 1 aromatic rings. The van der Waals surface area contributed by atoms with Crippen LogP contribution in [0.2, 0.25) is 0 Å². The van der Waals surface area contributed by atoms with Gasteiger partial charge >= 0.3 is 0 Å². The molecule has 2 rings (SSSR count). The molecular weight excluding hydrogens is 421 g/mol. The Bertz CT molecular complexity index is 475. The molecule has 0 spiro atoms. The summed E-state index contributed by atoms with van der Waals surface area (Å²) in [7, 11) is 1.78. The van der Waals surface area contributed by atoms with E-state index in [1.807, 2.05) is 24.0 Å². The van der Waals surface area contributed by atoms with Crippen LogP contribution in [0.5, 0.6) is 0 Å². The van der Waals surface area contributed by atoms with Crippen molar-refractivity contribution in [2.45, 2.75) is 26.3 Å². The number of aliphatic imine (C=N–C) groups is 1. The summed E-state index contributed by atoms with van der Waals surface area (Å²) in [5, 5.41) is 10.8. The lowest BCUT2D eigenvalue weighted by Gasteiger charge is -2.12. The Balaban J connectivity index is 0.00000288. The number of guanidine groups is 1. The van der Waals surface area contributed by atoms with Gasteiger partial charge < -0.3 is 20.1 Å². The maximum atomic E-state index is 5.68. The van der Waals surface area contributed by atoms with Crippen LogP contribution >= 0.6 is 24.0 Å². The summed E-state index contributed by atoms with van der Waals surface area (Å²) >= 11 is 0. The first-order chi connectivity index (χ1) is 11.3. The molecular formula is C16H30IN5O2. The first-order valence-corrected chi connectivity index (χ1v) is 8.37. The van der Waals surface area contributed by atoms with Crippen LogP contribution in [0.3, 0.4) is 0 Å². The van der Waals surface area contributed by atoms with E-state index in [9.17, 15) is 0 Å². The van der Waals surface area contributed by atoms with Crippen molar-refractivity contribution >= 4 is 29.9 Å². The fraction of sp³-hybridized carbons (Fsp3) is 0.750. The van der Waals surface area contributed by atoms with Crippen molar-refractivity contribution in [1.29, 1.82) is 0 Å². The zero-order valence-corrected chi connectivity index (χ0v) is 17.0. The van der Waals surface area contributed by atoms with Crippen LogP contribution < -0.4 is 10.6 Å². The van der Waals surface area contributed by atoms with Gasteiger partial charge in [-0.3, -0.25) is 9.67 Å². The van der Waals surface area contributed by atoms with Crippen molar-refractivity contribution in [3.63, 3.8) is 0 Å². The molecule has 7 nitrogen and oxygen atoms in total. The van der Waals surface area contributed by atoms with Crippen molar-refractivity contribution in [2.24, 2.45) is 10.9 Å². The molecule has 1 aliphatic rings. The molecule has 24 heavy (non-hydrogen) atoms. The molecule has 2 heterocycles. The minimum Gasteiger partial charge on any atom is -0.381 e. The first-order valence-electron chi connectivity index (χ1n) is 8.37. The van der Waals surface area contributed by atoms with E-state index >= 15 is 0 Å². The van der Waals surface area contributed by atoms with E-state index in [4.69, 9.17) is 9.47 Å². The third-order valence-corrected chi connectivity index (χ3v) is 3.75. The van der Waals surface area contributed by atoms with Gasteiger partial charge in [-0.05, 0) is 25.3 Å². The number of hydrogen-bond acceptors (Lipinski definition) is 4. The summed E-state index contributed by atoms with van der Waals surface area (Å²) in [6.07, 6.45) is 5.99. The molecule has 1 aliphatic heterocycles. The lowest BCUT2D eigenvalue weighted by Crippen LogP contribution is -2.39. The van der Waals surface area contributed by atoms with Crippen LogP contribution in [-0.4, -0.2) is 62.3 Å². The Kier molecular flexibility index (Phi) is 11.0. The van der Waals surface area contributed by atoms with Crippen LogP contribution in [0.25, 0.3) is 0 Å². The number of nitrogens with zero attached hydrogens (tertiary/aromatic N) is 3. The Morgan fingerprint density at radius 3 is 2.96 bits per heavy atom. The number of rotatable bonds is 9. The zero-order valence-electron chi connectivity index (χ0n) is 14.7. The van der Waals surface area contributed by atoms with Gasteiger partial charge in [-0.15, -0.1) is 24.0 Å². The molecule has 1 aromatic heterocycles. The molecule has 0 amide bonds. The largest absolute Gasteiger partial charge is 0.381 e. The highest BCUT2D eigenvalue weighted by atomic mass is 127. The molecule has 138 valence electrons. The van der Waals surface area contributed by atoms with Crippen LogP contribution in [0.15, 0.2) is 17.4 Å². The van der Waals surface area contributed by atoms with E-state index in [2.05, 4.69) is 20.7 Å². The minimum atomic E-state index is 0. The van der Waals surface area contributed by atoms with Crippen LogP contribution in [0, 0.1) is 12.8 Å². The SMILES string of the molecule is CN=C(NCCCOCC1CCOC1)NCCn1cc(C)cn1.I. The third kappa shape index (κ3) is 8.29. The predicted octanol–water partition coefficient (Wildman–Crippen LogP) is 1.42. The van der Waals surface area contributed by atoms with Gasteiger partial charge in [-0.25, -0.2) is 0 Å². The summed E-state index contributed by atoms with van der Waals surface area (Å²) in [5.41, 5.74) is 1.18. The topological polar surface area (TPSA) is 72.7 Å². The fourth-order valence-corrected chi connectivity index (χ4v) is 2.44. The number of nitrogens with one attached hydrogen (secondary N) is 2. The van der Waals surface area contributed by atoms with E-state index in [-0.39, 0.29) is 24.0 Å². The lowest BCUT2D eigenvalue weighted by atomic mass is 10.1. The molecule has 8 heteroatoms. The molecule has 1 fully saturated rings. The number of halogens is 1. The van der Waals surface area contributed by atoms with Gasteiger partial charge in [0, 0.05) is 45.5 Å². The highest BCUT2D eigenvalue weighted by Gasteiger charge is 2.15. The highest BCUT2D eigenvalue weighted by molar-refractivity contribution is 14.0. The highest BCUT2D eigenvalue weighted by Crippen LogP contribution is 2.12. The normalized spacial score (nSPS) is 17.6. The molecule has 1 atom stereocenters. The van der Waals surface area contributed by atoms with Gasteiger partial charge in [-0.1, -0.05) is 0 Å². The second kappa shape index (κ2) is 12.5. The average Bonchev–Trinajstić information content (AvgIpc) is 3.20. The smallest absolute Gasteiger partial charge is 0.191 e. The summed E-state index contributed by atoms with van der Waals surface area (Å²) in [5.74, 6) is 1.40. The maximum Gasteiger partial charge on any atom is 0.191 e. The number of ether oxygens (including phenoxy) is 2. The van der Waals surface area contributed by atoms with Crippen molar-refractivity contribution in [2.75, 3.05) is 46.6 Å². The number of aromatic nitrogens is 2. The van der Waals surface area contributed by atoms with Gasteiger partial charge in [0.15, 0.2) is 5.96 Å². The molecule has 0 radical (unpaired) electrons. The van der Waals surface area contributed by atoms with Crippen LogP contribution in [0.4, 0.5) is 0 Å². The molecule has 0 aliphatic carbocycles. The van der Waals surface area contributed by atoms with E-state index in [0.717, 1.165) is 64.9 Å². The monoisotopic (exact) mass is 451 g/mol. The first kappa shape index (κ1) is 21.2. The van der Waals surface area contributed by atoms with Crippen LogP contribution in [-0.2, 0) is 16.0 Å². The summed E-state index contributed by atoms with van der Waals surface area (Å²) in [6.45, 7) is 7.82. The molecule has 0 bridgehead atoms. The maximum absolute atomic E-state index is 5.68. The standard InChI is InChI=1S/C16H29N5O2.HI/c1-14-10-20-21(11-14)7-6-19-16(17-2)18-5-3-8-22-12-15-4-9-23-13-15;/h10-11,15H,3-9,12-13H2,1-2H3,(H2,17,18,19);1H. The average molecular weight is 451 g/mol. The molecule has 2 N–H and O–H groups in total. The Hall–Kier alpha value is -0.870. The van der Waals surface area contributed by atoms with Gasteiger partial charge in [0.25, 0.3) is 0 Å². The fourth-order valence-electron chi connectivity index (χ4n) is 2.44.